The first-order valence-corrected chi connectivity index (χ1v) is 9.38. The van der Waals surface area contributed by atoms with Gasteiger partial charge in [-0.3, -0.25) is 4.79 Å². The predicted octanol–water partition coefficient (Wildman–Crippen LogP) is 0.940. The summed E-state index contributed by atoms with van der Waals surface area (Å²) >= 11 is 0. The van der Waals surface area contributed by atoms with Crippen LogP contribution < -0.4 is 21.0 Å². The van der Waals surface area contributed by atoms with Crippen LogP contribution in [0.15, 0.2) is 29.1 Å². The van der Waals surface area contributed by atoms with Gasteiger partial charge in [-0.2, -0.15) is 0 Å². The Morgan fingerprint density at radius 3 is 2.61 bits per heavy atom. The average Bonchev–Trinajstić information content (AvgIpc) is 3.09. The lowest BCUT2D eigenvalue weighted by atomic mass is 9.94. The number of aromatic hydroxyl groups is 1. The second-order valence-corrected chi connectivity index (χ2v) is 7.89. The van der Waals surface area contributed by atoms with E-state index in [-0.39, 0.29) is 18.6 Å². The number of benzene rings is 1. The fourth-order valence-electron chi connectivity index (χ4n) is 4.66. The van der Waals surface area contributed by atoms with Gasteiger partial charge in [-0.05, 0) is 24.0 Å². The van der Waals surface area contributed by atoms with Gasteiger partial charge < -0.3 is 25.7 Å². The molecule has 1 saturated heterocycles. The second-order valence-electron chi connectivity index (χ2n) is 7.89. The van der Waals surface area contributed by atoms with E-state index in [2.05, 4.69) is 0 Å². The van der Waals surface area contributed by atoms with E-state index >= 15 is 0 Å². The molecule has 1 saturated carbocycles. The average molecular weight is 383 g/mol. The second kappa shape index (κ2) is 5.75. The SMILES string of the molecule is CC1COc2ccccc2-c2c1c(O)c(C(=O)O)c(=O)n2N1C[C@@H]2C(N)[C@@H]2C1. The molecule has 2 unspecified atom stereocenters. The van der Waals surface area contributed by atoms with Crippen LogP contribution in [0.2, 0.25) is 0 Å². The van der Waals surface area contributed by atoms with Crippen LogP contribution in [0, 0.1) is 11.8 Å². The van der Waals surface area contributed by atoms with E-state index in [1.807, 2.05) is 36.2 Å². The van der Waals surface area contributed by atoms with Crippen LogP contribution >= 0.6 is 0 Å². The first kappa shape index (κ1) is 17.1. The number of carboxylic acid groups (broad SMARTS) is 1. The van der Waals surface area contributed by atoms with Crippen LogP contribution in [0.5, 0.6) is 11.5 Å². The van der Waals surface area contributed by atoms with Crippen LogP contribution in [-0.4, -0.2) is 46.6 Å². The van der Waals surface area contributed by atoms with Gasteiger partial charge in [0.2, 0.25) is 0 Å². The Morgan fingerprint density at radius 2 is 1.93 bits per heavy atom. The van der Waals surface area contributed by atoms with Crippen LogP contribution in [0.25, 0.3) is 11.3 Å². The predicted molar refractivity (Wildman–Crippen MR) is 102 cm³/mol. The fourth-order valence-corrected chi connectivity index (χ4v) is 4.66. The molecule has 8 heteroatoms. The van der Waals surface area contributed by atoms with Crippen molar-refractivity contribution in [2.75, 3.05) is 24.7 Å². The molecule has 0 radical (unpaired) electrons. The summed E-state index contributed by atoms with van der Waals surface area (Å²) in [6.07, 6.45) is 0. The summed E-state index contributed by atoms with van der Waals surface area (Å²) in [5, 5.41) is 22.3. The molecule has 1 aromatic carbocycles. The molecular weight excluding hydrogens is 362 g/mol. The van der Waals surface area contributed by atoms with E-state index in [9.17, 15) is 19.8 Å². The maximum absolute atomic E-state index is 13.2. The summed E-state index contributed by atoms with van der Waals surface area (Å²) in [6, 6.07) is 7.44. The van der Waals surface area contributed by atoms with Crippen molar-refractivity contribution in [2.45, 2.75) is 18.9 Å². The Labute approximate surface area is 160 Å². The van der Waals surface area contributed by atoms with Crippen molar-refractivity contribution in [3.63, 3.8) is 0 Å². The van der Waals surface area contributed by atoms with Gasteiger partial charge in [0.1, 0.15) is 11.5 Å². The monoisotopic (exact) mass is 383 g/mol. The summed E-state index contributed by atoms with van der Waals surface area (Å²) in [4.78, 5) is 25.0. The van der Waals surface area contributed by atoms with Gasteiger partial charge in [0.15, 0.2) is 5.56 Å². The molecule has 146 valence electrons. The minimum absolute atomic E-state index is 0.135. The molecule has 4 atom stereocenters. The molecule has 3 aliphatic rings. The number of nitrogens with two attached hydrogens (primary N) is 1. The first-order chi connectivity index (χ1) is 13.4. The third-order valence-electron chi connectivity index (χ3n) is 6.23. The summed E-state index contributed by atoms with van der Waals surface area (Å²) in [6.45, 7) is 3.28. The van der Waals surface area contributed by atoms with Gasteiger partial charge in [0.05, 0.1) is 12.3 Å². The number of aromatic nitrogens is 1. The van der Waals surface area contributed by atoms with Crippen LogP contribution in [0.1, 0.15) is 28.8 Å². The standard InChI is InChI=1S/C20H21N3O5/c1-9-8-28-13-5-3-2-4-10(13)17-14(9)18(24)15(20(26)27)19(25)23(17)22-6-11-12(7-22)16(11)21/h2-5,9,11-12,16,24H,6-8,21H2,1H3,(H,26,27)/t9?,11-,12+,16?. The highest BCUT2D eigenvalue weighted by Gasteiger charge is 2.54. The van der Waals surface area contributed by atoms with Gasteiger partial charge in [-0.1, -0.05) is 19.1 Å². The minimum Gasteiger partial charge on any atom is -0.506 e. The Morgan fingerprint density at radius 1 is 1.25 bits per heavy atom. The smallest absolute Gasteiger partial charge is 0.345 e. The maximum atomic E-state index is 13.2. The zero-order valence-electron chi connectivity index (χ0n) is 15.3. The van der Waals surface area contributed by atoms with E-state index in [4.69, 9.17) is 10.5 Å². The molecular formula is C20H21N3O5. The lowest BCUT2D eigenvalue weighted by molar-refractivity contribution is 0.0690. The molecule has 8 nitrogen and oxygen atoms in total. The van der Waals surface area contributed by atoms with Crippen molar-refractivity contribution in [1.82, 2.24) is 4.68 Å². The summed E-state index contributed by atoms with van der Waals surface area (Å²) in [7, 11) is 0. The molecule has 1 aliphatic carbocycles. The number of fused-ring (bicyclic) bond motifs is 4. The largest absolute Gasteiger partial charge is 0.506 e. The van der Waals surface area contributed by atoms with Crippen molar-refractivity contribution in [2.24, 2.45) is 17.6 Å². The fraction of sp³-hybridized carbons (Fsp3) is 0.400. The van der Waals surface area contributed by atoms with Crippen LogP contribution in [-0.2, 0) is 0 Å². The van der Waals surface area contributed by atoms with Crippen molar-refractivity contribution in [3.05, 3.63) is 45.7 Å². The highest BCUT2D eigenvalue weighted by molar-refractivity contribution is 5.92. The first-order valence-electron chi connectivity index (χ1n) is 9.38. The molecule has 2 aliphatic heterocycles. The molecule has 2 fully saturated rings. The Balaban J connectivity index is 1.84. The number of rotatable bonds is 2. The van der Waals surface area contributed by atoms with Gasteiger partial charge in [0.25, 0.3) is 5.56 Å². The highest BCUT2D eigenvalue weighted by Crippen LogP contribution is 2.46. The third-order valence-corrected chi connectivity index (χ3v) is 6.23. The number of carbonyl (C=O) groups is 1. The van der Waals surface area contributed by atoms with E-state index in [1.54, 1.807) is 0 Å². The summed E-state index contributed by atoms with van der Waals surface area (Å²) in [5.41, 5.74) is 6.30. The molecule has 0 amide bonds. The minimum atomic E-state index is -1.44. The number of hydrogen-bond acceptors (Lipinski definition) is 6. The lowest BCUT2D eigenvalue weighted by Gasteiger charge is -2.29. The normalized spacial score (nSPS) is 27.3. The van der Waals surface area contributed by atoms with E-state index in [1.165, 1.54) is 4.68 Å². The van der Waals surface area contributed by atoms with Crippen molar-refractivity contribution in [3.8, 4) is 22.8 Å². The Kier molecular flexibility index (Phi) is 3.51. The highest BCUT2D eigenvalue weighted by atomic mass is 16.5. The van der Waals surface area contributed by atoms with Crippen molar-refractivity contribution in [1.29, 1.82) is 0 Å². The topological polar surface area (TPSA) is 118 Å². The lowest BCUT2D eigenvalue weighted by Crippen LogP contribution is -2.46. The van der Waals surface area contributed by atoms with Crippen LogP contribution in [0.3, 0.4) is 0 Å². The number of piperidine rings is 1. The number of carboxylic acids is 1. The Bertz CT molecular complexity index is 1050. The Hall–Kier alpha value is -3.00. The number of aromatic carboxylic acids is 1. The number of pyridine rings is 1. The van der Waals surface area contributed by atoms with Crippen molar-refractivity contribution >= 4 is 5.97 Å². The summed E-state index contributed by atoms with van der Waals surface area (Å²) in [5.74, 6) is -1.00. The van der Waals surface area contributed by atoms with Crippen LogP contribution in [0.4, 0.5) is 0 Å². The zero-order valence-corrected chi connectivity index (χ0v) is 15.3. The van der Waals surface area contributed by atoms with Gasteiger partial charge in [-0.25, -0.2) is 9.47 Å². The molecule has 4 N–H and O–H groups in total. The summed E-state index contributed by atoms with van der Waals surface area (Å²) < 4.78 is 7.32. The quantitative estimate of drug-likeness (QED) is 0.706. The van der Waals surface area contributed by atoms with Gasteiger partial charge >= 0.3 is 5.97 Å². The third kappa shape index (κ3) is 2.21. The van der Waals surface area contributed by atoms with E-state index in [0.29, 0.717) is 47.5 Å². The number of hydrogen-bond donors (Lipinski definition) is 3. The number of para-hydroxylation sites is 1. The maximum Gasteiger partial charge on any atom is 0.345 e. The number of nitrogens with zero attached hydrogens (tertiary/aromatic N) is 2. The molecule has 1 aromatic heterocycles. The number of ether oxygens (including phenoxy) is 1. The molecule has 0 bridgehead atoms. The molecule has 2 aromatic rings. The molecule has 28 heavy (non-hydrogen) atoms. The van der Waals surface area contributed by atoms with Crippen molar-refractivity contribution < 1.29 is 19.7 Å². The van der Waals surface area contributed by atoms with E-state index < -0.39 is 22.8 Å². The molecule has 5 rings (SSSR count). The molecule has 3 heterocycles. The molecule has 0 spiro atoms. The zero-order chi connectivity index (χ0) is 19.7. The van der Waals surface area contributed by atoms with E-state index in [0.717, 1.165) is 0 Å². The van der Waals surface area contributed by atoms with Gasteiger partial charge in [0, 0.05) is 36.2 Å². The van der Waals surface area contributed by atoms with Gasteiger partial charge in [-0.15, -0.1) is 0 Å².